The van der Waals surface area contributed by atoms with E-state index >= 15 is 0 Å². The van der Waals surface area contributed by atoms with Gasteiger partial charge < -0.3 is 9.47 Å². The van der Waals surface area contributed by atoms with E-state index in [-0.39, 0.29) is 5.92 Å². The minimum absolute atomic E-state index is 0.250. The van der Waals surface area contributed by atoms with Crippen LogP contribution < -0.4 is 0 Å². The molecular formula is C18H20N6O2. The highest BCUT2D eigenvalue weighted by Gasteiger charge is 2.07. The molecule has 0 aliphatic heterocycles. The lowest BCUT2D eigenvalue weighted by atomic mass is 10.2. The summed E-state index contributed by atoms with van der Waals surface area (Å²) >= 11 is 0. The first-order chi connectivity index (χ1) is 12.8. The van der Waals surface area contributed by atoms with Crippen molar-refractivity contribution in [2.75, 3.05) is 13.2 Å². The normalized spacial score (nSPS) is 11.8. The fourth-order valence-electron chi connectivity index (χ4n) is 2.75. The van der Waals surface area contributed by atoms with Crippen molar-refractivity contribution in [3.63, 3.8) is 0 Å². The van der Waals surface area contributed by atoms with E-state index in [0.717, 1.165) is 22.1 Å². The van der Waals surface area contributed by atoms with Crippen LogP contribution in [0.5, 0.6) is 0 Å². The molecule has 0 unspecified atom stereocenters. The zero-order valence-electron chi connectivity index (χ0n) is 14.5. The van der Waals surface area contributed by atoms with Gasteiger partial charge in [0.25, 0.3) is 0 Å². The van der Waals surface area contributed by atoms with Gasteiger partial charge in [-0.1, -0.05) is 41.6 Å². The van der Waals surface area contributed by atoms with Crippen molar-refractivity contribution in [2.45, 2.75) is 20.4 Å². The summed E-state index contributed by atoms with van der Waals surface area (Å²) in [5, 5.41) is 16.4. The fraction of sp³-hybridized carbons (Fsp3) is 0.333. The molecule has 0 aliphatic rings. The summed E-state index contributed by atoms with van der Waals surface area (Å²) in [6.07, 6.45) is 0. The smallest absolute Gasteiger partial charge is 0.141 e. The predicted molar refractivity (Wildman–Crippen MR) is 96.1 cm³/mol. The van der Waals surface area contributed by atoms with Gasteiger partial charge in [0.2, 0.25) is 0 Å². The molecule has 2 heterocycles. The SMILES string of the molecule is CC(COCn1nnc2ccccc21)COCn1nnc2ccccc21. The van der Waals surface area contributed by atoms with Gasteiger partial charge >= 0.3 is 0 Å². The fourth-order valence-corrected chi connectivity index (χ4v) is 2.75. The molecule has 134 valence electrons. The van der Waals surface area contributed by atoms with E-state index in [0.29, 0.717) is 26.7 Å². The van der Waals surface area contributed by atoms with E-state index in [1.165, 1.54) is 0 Å². The molecule has 4 rings (SSSR count). The highest BCUT2D eigenvalue weighted by molar-refractivity contribution is 5.74. The van der Waals surface area contributed by atoms with Crippen LogP contribution in [0.2, 0.25) is 0 Å². The molecule has 0 saturated carbocycles. The van der Waals surface area contributed by atoms with Crippen molar-refractivity contribution in [1.82, 2.24) is 30.0 Å². The van der Waals surface area contributed by atoms with Crippen LogP contribution in [0.3, 0.4) is 0 Å². The molecule has 26 heavy (non-hydrogen) atoms. The molecule has 0 bridgehead atoms. The van der Waals surface area contributed by atoms with Gasteiger partial charge in [0.1, 0.15) is 24.5 Å². The quantitative estimate of drug-likeness (QED) is 0.485. The third-order valence-electron chi connectivity index (χ3n) is 4.07. The molecule has 0 saturated heterocycles. The molecule has 0 radical (unpaired) electrons. The van der Waals surface area contributed by atoms with Crippen LogP contribution in [-0.2, 0) is 22.9 Å². The summed E-state index contributed by atoms with van der Waals surface area (Å²) in [4.78, 5) is 0. The molecule has 0 atom stereocenters. The van der Waals surface area contributed by atoms with Crippen LogP contribution in [-0.4, -0.2) is 43.2 Å². The van der Waals surface area contributed by atoms with Crippen LogP contribution in [0.15, 0.2) is 48.5 Å². The van der Waals surface area contributed by atoms with E-state index in [1.54, 1.807) is 9.36 Å². The van der Waals surface area contributed by atoms with Gasteiger partial charge in [0.05, 0.1) is 24.2 Å². The Morgan fingerprint density at radius 2 is 1.23 bits per heavy atom. The van der Waals surface area contributed by atoms with E-state index in [9.17, 15) is 0 Å². The Hall–Kier alpha value is -2.84. The Balaban J connectivity index is 1.22. The Morgan fingerprint density at radius 1 is 0.769 bits per heavy atom. The second-order valence-corrected chi connectivity index (χ2v) is 6.26. The number of para-hydroxylation sites is 2. The lowest BCUT2D eigenvalue weighted by Crippen LogP contribution is -2.16. The van der Waals surface area contributed by atoms with Crippen LogP contribution in [0.25, 0.3) is 22.1 Å². The van der Waals surface area contributed by atoms with Crippen LogP contribution in [0, 0.1) is 5.92 Å². The number of nitrogens with zero attached hydrogens (tertiary/aromatic N) is 6. The summed E-state index contributed by atoms with van der Waals surface area (Å²) in [5.74, 6) is 0.250. The van der Waals surface area contributed by atoms with Gasteiger partial charge in [0.15, 0.2) is 0 Å². The summed E-state index contributed by atoms with van der Waals surface area (Å²) in [7, 11) is 0. The first-order valence-corrected chi connectivity index (χ1v) is 8.53. The van der Waals surface area contributed by atoms with E-state index in [2.05, 4.69) is 27.5 Å². The molecular weight excluding hydrogens is 332 g/mol. The highest BCUT2D eigenvalue weighted by Crippen LogP contribution is 2.11. The Morgan fingerprint density at radius 3 is 1.73 bits per heavy atom. The number of ether oxygens (including phenoxy) is 2. The van der Waals surface area contributed by atoms with Gasteiger partial charge in [-0.25, -0.2) is 9.36 Å². The molecule has 2 aromatic heterocycles. The third-order valence-corrected chi connectivity index (χ3v) is 4.07. The van der Waals surface area contributed by atoms with Crippen molar-refractivity contribution < 1.29 is 9.47 Å². The summed E-state index contributed by atoms with van der Waals surface area (Å²) in [6.45, 7) is 3.98. The summed E-state index contributed by atoms with van der Waals surface area (Å²) < 4.78 is 15.0. The Kier molecular flexibility index (Phi) is 4.85. The Bertz CT molecular complexity index is 915. The minimum Gasteiger partial charge on any atom is -0.359 e. The molecule has 8 heteroatoms. The van der Waals surface area contributed by atoms with E-state index < -0.39 is 0 Å². The molecule has 8 nitrogen and oxygen atoms in total. The number of rotatable bonds is 8. The average Bonchev–Trinajstić information content (AvgIpc) is 3.27. The molecule has 2 aromatic carbocycles. The van der Waals surface area contributed by atoms with Crippen molar-refractivity contribution in [2.24, 2.45) is 5.92 Å². The molecule has 0 amide bonds. The van der Waals surface area contributed by atoms with Crippen molar-refractivity contribution >= 4 is 22.1 Å². The molecule has 0 aliphatic carbocycles. The van der Waals surface area contributed by atoms with Crippen molar-refractivity contribution in [3.8, 4) is 0 Å². The number of hydrogen-bond donors (Lipinski definition) is 0. The van der Waals surface area contributed by atoms with Crippen molar-refractivity contribution in [3.05, 3.63) is 48.5 Å². The number of fused-ring (bicyclic) bond motifs is 2. The van der Waals surface area contributed by atoms with Gasteiger partial charge in [0, 0.05) is 5.92 Å². The summed E-state index contributed by atoms with van der Waals surface area (Å²) in [5.41, 5.74) is 3.67. The number of aromatic nitrogens is 6. The topological polar surface area (TPSA) is 79.9 Å². The zero-order valence-corrected chi connectivity index (χ0v) is 14.5. The standard InChI is InChI=1S/C18H20N6O2/c1-14(10-25-12-23-17-8-4-2-6-15(17)19-21-23)11-26-13-24-18-9-5-3-7-16(18)20-22-24/h2-9,14H,10-13H2,1H3. The molecule has 0 fully saturated rings. The second kappa shape index (κ2) is 7.59. The zero-order chi connectivity index (χ0) is 17.8. The summed E-state index contributed by atoms with van der Waals surface area (Å²) in [6, 6.07) is 15.6. The van der Waals surface area contributed by atoms with E-state index in [4.69, 9.17) is 9.47 Å². The van der Waals surface area contributed by atoms with Gasteiger partial charge in [-0.2, -0.15) is 0 Å². The van der Waals surface area contributed by atoms with E-state index in [1.807, 2.05) is 48.5 Å². The molecule has 0 N–H and O–H groups in total. The average molecular weight is 352 g/mol. The maximum Gasteiger partial charge on any atom is 0.141 e. The van der Waals surface area contributed by atoms with Crippen molar-refractivity contribution in [1.29, 1.82) is 0 Å². The third kappa shape index (κ3) is 3.56. The Labute approximate surface area is 150 Å². The first-order valence-electron chi connectivity index (χ1n) is 8.53. The van der Waals surface area contributed by atoms with Gasteiger partial charge in [-0.05, 0) is 24.3 Å². The van der Waals surface area contributed by atoms with Gasteiger partial charge in [-0.15, -0.1) is 10.2 Å². The van der Waals surface area contributed by atoms with Crippen LogP contribution in [0.1, 0.15) is 6.92 Å². The van der Waals surface area contributed by atoms with Crippen LogP contribution >= 0.6 is 0 Å². The second-order valence-electron chi connectivity index (χ2n) is 6.26. The predicted octanol–water partition coefficient (Wildman–Crippen LogP) is 2.46. The number of benzene rings is 2. The van der Waals surface area contributed by atoms with Crippen LogP contribution in [0.4, 0.5) is 0 Å². The number of hydrogen-bond acceptors (Lipinski definition) is 6. The lowest BCUT2D eigenvalue weighted by molar-refractivity contribution is -0.00312. The maximum atomic E-state index is 5.75. The monoisotopic (exact) mass is 352 g/mol. The maximum absolute atomic E-state index is 5.75. The minimum atomic E-state index is 0.250. The van der Waals surface area contributed by atoms with Gasteiger partial charge in [-0.3, -0.25) is 0 Å². The largest absolute Gasteiger partial charge is 0.359 e. The molecule has 0 spiro atoms. The highest BCUT2D eigenvalue weighted by atomic mass is 16.5. The first kappa shape index (κ1) is 16.6. The molecule has 4 aromatic rings. The lowest BCUT2D eigenvalue weighted by Gasteiger charge is -2.13.